The predicted octanol–water partition coefficient (Wildman–Crippen LogP) is 2.77. The van der Waals surface area contributed by atoms with Crippen LogP contribution in [0, 0.1) is 11.6 Å². The molecule has 2 aliphatic heterocycles. The van der Waals surface area contributed by atoms with E-state index in [2.05, 4.69) is 16.0 Å². The molecule has 5 rings (SSSR count). The van der Waals surface area contributed by atoms with Crippen molar-refractivity contribution in [1.29, 1.82) is 0 Å². The molecule has 1 fully saturated rings. The van der Waals surface area contributed by atoms with Crippen LogP contribution in [0.25, 0.3) is 0 Å². The first-order valence-corrected chi connectivity index (χ1v) is 12.2. The maximum atomic E-state index is 14.8. The van der Waals surface area contributed by atoms with E-state index in [1.54, 1.807) is 11.0 Å². The number of nitrogens with one attached hydrogen (secondary N) is 3. The van der Waals surface area contributed by atoms with Crippen LogP contribution in [-0.4, -0.2) is 53.3 Å². The lowest BCUT2D eigenvalue weighted by atomic mass is 9.91. The summed E-state index contributed by atoms with van der Waals surface area (Å²) >= 11 is 0. The van der Waals surface area contributed by atoms with E-state index in [-0.39, 0.29) is 30.5 Å². The van der Waals surface area contributed by atoms with E-state index >= 15 is 0 Å². The molecule has 2 aromatic rings. The van der Waals surface area contributed by atoms with E-state index in [4.69, 9.17) is 0 Å². The van der Waals surface area contributed by atoms with Crippen molar-refractivity contribution in [3.8, 4) is 0 Å². The van der Waals surface area contributed by atoms with E-state index in [9.17, 15) is 28.0 Å². The van der Waals surface area contributed by atoms with Gasteiger partial charge in [0.15, 0.2) is 0 Å². The van der Waals surface area contributed by atoms with Gasteiger partial charge in [0.2, 0.25) is 5.91 Å². The van der Waals surface area contributed by atoms with Crippen molar-refractivity contribution < 1.29 is 28.0 Å². The third-order valence-electron chi connectivity index (χ3n) is 7.56. The summed E-state index contributed by atoms with van der Waals surface area (Å²) in [6.07, 6.45) is 1.82. The summed E-state index contributed by atoms with van der Waals surface area (Å²) in [5, 5.41) is 7.45. The molecule has 0 radical (unpaired) electrons. The van der Waals surface area contributed by atoms with Gasteiger partial charge in [-0.3, -0.25) is 14.5 Å². The highest BCUT2D eigenvalue weighted by Crippen LogP contribution is 2.43. The molecule has 2 aromatic carbocycles. The predicted molar refractivity (Wildman–Crippen MR) is 129 cm³/mol. The minimum atomic E-state index is -1.46. The number of halogens is 2. The highest BCUT2D eigenvalue weighted by Gasteiger charge is 2.56. The second kappa shape index (κ2) is 9.13. The van der Waals surface area contributed by atoms with E-state index in [0.29, 0.717) is 30.4 Å². The molecule has 9 nitrogen and oxygen atoms in total. The van der Waals surface area contributed by atoms with Gasteiger partial charge in [0.1, 0.15) is 23.7 Å². The van der Waals surface area contributed by atoms with Crippen LogP contribution in [0.4, 0.5) is 24.1 Å². The third-order valence-corrected chi connectivity index (χ3v) is 7.56. The van der Waals surface area contributed by atoms with Crippen molar-refractivity contribution in [2.75, 3.05) is 18.9 Å². The highest BCUT2D eigenvalue weighted by molar-refractivity contribution is 6.10. The quantitative estimate of drug-likeness (QED) is 0.551. The van der Waals surface area contributed by atoms with Gasteiger partial charge in [-0.25, -0.2) is 18.4 Å². The fourth-order valence-electron chi connectivity index (χ4n) is 5.48. The number of fused-ring (bicyclic) bond motifs is 3. The first-order chi connectivity index (χ1) is 17.6. The molecule has 2 heterocycles. The van der Waals surface area contributed by atoms with Gasteiger partial charge in [0.05, 0.1) is 5.69 Å². The Balaban J connectivity index is 1.37. The molecule has 0 bridgehead atoms. The molecule has 0 saturated carbocycles. The molecule has 11 heteroatoms. The van der Waals surface area contributed by atoms with E-state index in [1.165, 1.54) is 25.2 Å². The van der Waals surface area contributed by atoms with Crippen LogP contribution in [0.1, 0.15) is 42.0 Å². The van der Waals surface area contributed by atoms with Gasteiger partial charge < -0.3 is 20.9 Å². The molecule has 1 unspecified atom stereocenters. The summed E-state index contributed by atoms with van der Waals surface area (Å²) in [5.41, 5.74) is 1.11. The SMILES string of the molecule is CNC(=O)Nc1cc2c(cc1F)C1(CC2)NC(=O)N(CC(=O)N2Cc3ccc(F)cc3CC[C@H]2C)C1=O. The van der Waals surface area contributed by atoms with Crippen molar-refractivity contribution >= 4 is 29.6 Å². The van der Waals surface area contributed by atoms with E-state index < -0.39 is 41.8 Å². The molecule has 6 amide bonds. The second-order valence-corrected chi connectivity index (χ2v) is 9.74. The Morgan fingerprint density at radius 2 is 1.89 bits per heavy atom. The summed E-state index contributed by atoms with van der Waals surface area (Å²) in [7, 11) is 1.41. The molecule has 1 spiro atoms. The lowest BCUT2D eigenvalue weighted by Crippen LogP contribution is -2.46. The number of imide groups is 1. The zero-order chi connectivity index (χ0) is 26.5. The Morgan fingerprint density at radius 3 is 2.65 bits per heavy atom. The molecule has 3 aliphatic rings. The minimum Gasteiger partial charge on any atom is -0.341 e. The number of benzene rings is 2. The number of hydrogen-bond acceptors (Lipinski definition) is 4. The monoisotopic (exact) mass is 511 g/mol. The van der Waals surface area contributed by atoms with Gasteiger partial charge in [-0.15, -0.1) is 0 Å². The van der Waals surface area contributed by atoms with Crippen LogP contribution in [0.15, 0.2) is 30.3 Å². The largest absolute Gasteiger partial charge is 0.341 e. The van der Waals surface area contributed by atoms with Gasteiger partial charge in [-0.1, -0.05) is 6.07 Å². The first-order valence-electron chi connectivity index (χ1n) is 12.2. The average molecular weight is 512 g/mol. The van der Waals surface area contributed by atoms with E-state index in [0.717, 1.165) is 22.1 Å². The molecule has 2 atom stereocenters. The van der Waals surface area contributed by atoms with Gasteiger partial charge >= 0.3 is 12.1 Å². The van der Waals surface area contributed by atoms with Crippen molar-refractivity contribution in [1.82, 2.24) is 20.4 Å². The number of carbonyl (C=O) groups excluding carboxylic acids is 4. The van der Waals surface area contributed by atoms with Crippen molar-refractivity contribution in [2.45, 2.75) is 50.7 Å². The second-order valence-electron chi connectivity index (χ2n) is 9.74. The Kier molecular flexibility index (Phi) is 6.09. The maximum absolute atomic E-state index is 14.8. The smallest absolute Gasteiger partial charge is 0.325 e. The summed E-state index contributed by atoms with van der Waals surface area (Å²) in [6.45, 7) is 1.68. The van der Waals surface area contributed by atoms with Crippen LogP contribution < -0.4 is 16.0 Å². The van der Waals surface area contributed by atoms with Gasteiger partial charge in [0, 0.05) is 19.6 Å². The third kappa shape index (κ3) is 4.17. The van der Waals surface area contributed by atoms with E-state index in [1.807, 2.05) is 6.92 Å². The minimum absolute atomic E-state index is 0.0331. The number of anilines is 1. The van der Waals surface area contributed by atoms with Crippen LogP contribution in [0.3, 0.4) is 0 Å². The molecular formula is C26H27F2N5O4. The highest BCUT2D eigenvalue weighted by atomic mass is 19.1. The topological polar surface area (TPSA) is 111 Å². The molecule has 1 aliphatic carbocycles. The summed E-state index contributed by atoms with van der Waals surface area (Å²) in [5.74, 6) is -2.09. The Labute approximate surface area is 212 Å². The van der Waals surface area contributed by atoms with Gasteiger partial charge in [0.25, 0.3) is 5.91 Å². The molecule has 3 N–H and O–H groups in total. The first kappa shape index (κ1) is 24.7. The van der Waals surface area contributed by atoms with Gasteiger partial charge in [-0.05, 0) is 79.1 Å². The number of rotatable bonds is 3. The molecule has 194 valence electrons. The van der Waals surface area contributed by atoms with Crippen molar-refractivity contribution in [2.24, 2.45) is 0 Å². The number of nitrogens with zero attached hydrogens (tertiary/aromatic N) is 2. The summed E-state index contributed by atoms with van der Waals surface area (Å²) < 4.78 is 28.5. The standard InChI is InChI=1S/C26H27F2N5O4/c1-14-3-4-15-9-18(27)6-5-17(15)12-32(14)22(34)13-33-23(35)26(31-25(33)37)8-7-16-10-21(30-24(36)29-2)20(28)11-19(16)26/h5-6,9-11,14H,3-4,7-8,12-13H2,1-2H3,(H,31,37)(H2,29,30,36)/t14-,26?/m1/s1. The van der Waals surface area contributed by atoms with Crippen molar-refractivity contribution in [3.05, 3.63) is 64.2 Å². The van der Waals surface area contributed by atoms with Crippen molar-refractivity contribution in [3.63, 3.8) is 0 Å². The number of carbonyl (C=O) groups is 4. The lowest BCUT2D eigenvalue weighted by Gasteiger charge is -2.29. The fraction of sp³-hybridized carbons (Fsp3) is 0.385. The zero-order valence-electron chi connectivity index (χ0n) is 20.5. The van der Waals surface area contributed by atoms with Crippen LogP contribution in [-0.2, 0) is 34.5 Å². The zero-order valence-corrected chi connectivity index (χ0v) is 20.5. The molecule has 37 heavy (non-hydrogen) atoms. The molecule has 0 aromatic heterocycles. The summed E-state index contributed by atoms with van der Waals surface area (Å²) in [6, 6.07) is 5.62. The maximum Gasteiger partial charge on any atom is 0.325 e. The number of hydrogen-bond donors (Lipinski definition) is 3. The Bertz CT molecular complexity index is 1330. The fourth-order valence-corrected chi connectivity index (χ4v) is 5.48. The Morgan fingerprint density at radius 1 is 1.11 bits per heavy atom. The van der Waals surface area contributed by atoms with Crippen LogP contribution in [0.5, 0.6) is 0 Å². The number of amides is 6. The normalized spacial score (nSPS) is 22.4. The number of urea groups is 2. The number of aryl methyl sites for hydroxylation is 2. The van der Waals surface area contributed by atoms with Crippen LogP contribution >= 0.6 is 0 Å². The molecular weight excluding hydrogens is 484 g/mol. The summed E-state index contributed by atoms with van der Waals surface area (Å²) in [4.78, 5) is 53.9. The van der Waals surface area contributed by atoms with Crippen LogP contribution in [0.2, 0.25) is 0 Å². The lowest BCUT2D eigenvalue weighted by molar-refractivity contribution is -0.140. The average Bonchev–Trinajstić information content (AvgIpc) is 3.26. The van der Waals surface area contributed by atoms with Gasteiger partial charge in [-0.2, -0.15) is 0 Å². The Hall–Kier alpha value is -4.02. The molecule has 1 saturated heterocycles.